The zero-order valence-electron chi connectivity index (χ0n) is 28.1. The lowest BCUT2D eigenvalue weighted by atomic mass is 9.97. The van der Waals surface area contributed by atoms with Crippen LogP contribution < -0.4 is 20.9 Å². The van der Waals surface area contributed by atoms with Crippen molar-refractivity contribution in [2.45, 2.75) is 32.0 Å². The molecule has 0 bridgehead atoms. The number of nitrogens with zero attached hydrogens (tertiary/aromatic N) is 4. The Morgan fingerprint density at radius 3 is 2.39 bits per heavy atom. The Hall–Kier alpha value is -4.81. The zero-order valence-corrected chi connectivity index (χ0v) is 29.6. The molecule has 7 rings (SSSR count). The molecular weight excluding hydrogens is 691 g/mol. The van der Waals surface area contributed by atoms with Gasteiger partial charge >= 0.3 is 5.97 Å². The maximum Gasteiger partial charge on any atom is 0.311 e. The van der Waals surface area contributed by atoms with Crippen molar-refractivity contribution in [2.24, 2.45) is 5.92 Å². The number of methoxy groups -OCH3 is 2. The Morgan fingerprint density at radius 2 is 1.69 bits per heavy atom. The van der Waals surface area contributed by atoms with Crippen molar-refractivity contribution in [2.75, 3.05) is 33.9 Å². The molecule has 51 heavy (non-hydrogen) atoms. The van der Waals surface area contributed by atoms with Crippen LogP contribution in [0.3, 0.4) is 0 Å². The van der Waals surface area contributed by atoms with Gasteiger partial charge in [0.2, 0.25) is 11.8 Å². The van der Waals surface area contributed by atoms with E-state index >= 15 is 0 Å². The fraction of sp³-hybridized carbons (Fsp3) is 0.289. The minimum atomic E-state index is -0.231. The van der Waals surface area contributed by atoms with E-state index in [0.717, 1.165) is 39.8 Å². The molecule has 5 aromatic rings. The van der Waals surface area contributed by atoms with Crippen LogP contribution in [0.4, 0.5) is 0 Å². The summed E-state index contributed by atoms with van der Waals surface area (Å²) in [5, 5.41) is 7.35. The third kappa shape index (κ3) is 7.07. The lowest BCUT2D eigenvalue weighted by molar-refractivity contribution is -0.151. The van der Waals surface area contributed by atoms with Crippen molar-refractivity contribution in [3.05, 3.63) is 105 Å². The number of halogens is 2. The molecule has 2 fully saturated rings. The number of pyridine rings is 2. The molecule has 0 unspecified atom stereocenters. The molecule has 2 N–H and O–H groups in total. The molecule has 13 heteroatoms. The van der Waals surface area contributed by atoms with Crippen LogP contribution in [-0.2, 0) is 27.4 Å². The van der Waals surface area contributed by atoms with Gasteiger partial charge in [-0.15, -0.1) is 0 Å². The van der Waals surface area contributed by atoms with Crippen molar-refractivity contribution < 1.29 is 19.1 Å². The van der Waals surface area contributed by atoms with Gasteiger partial charge in [0.25, 0.3) is 5.56 Å². The van der Waals surface area contributed by atoms with Gasteiger partial charge in [-0.2, -0.15) is 0 Å². The first-order valence-electron chi connectivity index (χ1n) is 16.7. The van der Waals surface area contributed by atoms with Gasteiger partial charge in [-0.1, -0.05) is 65.7 Å². The number of hydrogen-bond donors (Lipinski definition) is 2. The van der Waals surface area contributed by atoms with E-state index in [-0.39, 0.29) is 29.4 Å². The van der Waals surface area contributed by atoms with Gasteiger partial charge in [0, 0.05) is 85.4 Å². The fourth-order valence-electron chi connectivity index (χ4n) is 6.69. The van der Waals surface area contributed by atoms with Crippen molar-refractivity contribution >= 4 is 40.7 Å². The highest BCUT2D eigenvalue weighted by molar-refractivity contribution is 6.39. The van der Waals surface area contributed by atoms with E-state index in [1.165, 1.54) is 11.5 Å². The van der Waals surface area contributed by atoms with Crippen molar-refractivity contribution in [3.63, 3.8) is 0 Å². The molecule has 2 aliphatic heterocycles. The third-order valence-corrected chi connectivity index (χ3v) is 10.3. The first-order chi connectivity index (χ1) is 24.7. The van der Waals surface area contributed by atoms with Crippen LogP contribution in [0, 0.1) is 5.92 Å². The molecule has 0 radical (unpaired) electrons. The van der Waals surface area contributed by atoms with E-state index < -0.39 is 0 Å². The Kier molecular flexibility index (Phi) is 10.1. The van der Waals surface area contributed by atoms with E-state index in [2.05, 4.69) is 15.6 Å². The number of amides is 1. The molecule has 1 atom stereocenters. The standard InChI is InChI=1S/C38H36Cl2N6O5/c1-50-36-23(16-41-18-26-10-12-33(47)43-26)9-11-31(44-36)30-8-4-7-29(35(30)40)28-6-3-5-27(34(28)39)22-13-14-46-32(15-22)42-17-24(37(46)48)19-45-20-25(21-45)38(49)51-2/h3-9,11,13-15,17,25-26,41H,10,12,16,18-21H2,1-2H3,(H,43,47)/t26-/m1/s1. The molecule has 3 aromatic heterocycles. The van der Waals surface area contributed by atoms with Crippen LogP contribution in [0.15, 0.2) is 77.9 Å². The molecule has 0 spiro atoms. The summed E-state index contributed by atoms with van der Waals surface area (Å²) in [5.74, 6) is 0.186. The summed E-state index contributed by atoms with van der Waals surface area (Å²) < 4.78 is 12.0. The summed E-state index contributed by atoms with van der Waals surface area (Å²) in [6.45, 7) is 2.71. The maximum atomic E-state index is 13.3. The molecule has 0 saturated carbocycles. The van der Waals surface area contributed by atoms with Crippen molar-refractivity contribution in [1.82, 2.24) is 29.9 Å². The Bertz CT molecular complexity index is 2200. The predicted octanol–water partition coefficient (Wildman–Crippen LogP) is 5.38. The van der Waals surface area contributed by atoms with Crippen molar-refractivity contribution in [1.29, 1.82) is 0 Å². The number of fused-ring (bicyclic) bond motifs is 1. The second kappa shape index (κ2) is 14.8. The summed E-state index contributed by atoms with van der Waals surface area (Å²) in [7, 11) is 2.97. The summed E-state index contributed by atoms with van der Waals surface area (Å²) >= 11 is 14.2. The molecule has 2 aliphatic rings. The van der Waals surface area contributed by atoms with Crippen LogP contribution in [0.2, 0.25) is 10.0 Å². The maximum absolute atomic E-state index is 13.3. The number of esters is 1. The largest absolute Gasteiger partial charge is 0.481 e. The average Bonchev–Trinajstić information content (AvgIpc) is 3.55. The number of rotatable bonds is 11. The van der Waals surface area contributed by atoms with Gasteiger partial charge in [0.15, 0.2) is 0 Å². The quantitative estimate of drug-likeness (QED) is 0.173. The van der Waals surface area contributed by atoms with Gasteiger partial charge < -0.3 is 20.1 Å². The normalized spacial score (nSPS) is 16.2. The Labute approximate surface area is 304 Å². The first kappa shape index (κ1) is 34.6. The highest BCUT2D eigenvalue weighted by Crippen LogP contribution is 2.42. The number of carbonyl (C=O) groups excluding carboxylic acids is 2. The number of carbonyl (C=O) groups is 2. The van der Waals surface area contributed by atoms with E-state index in [0.29, 0.717) is 72.0 Å². The predicted molar refractivity (Wildman–Crippen MR) is 196 cm³/mol. The van der Waals surface area contributed by atoms with Gasteiger partial charge in [-0.05, 0) is 30.2 Å². The van der Waals surface area contributed by atoms with Crippen LogP contribution in [0.25, 0.3) is 39.2 Å². The highest BCUT2D eigenvalue weighted by Gasteiger charge is 2.33. The third-order valence-electron chi connectivity index (χ3n) is 9.46. The molecule has 11 nitrogen and oxygen atoms in total. The summed E-state index contributed by atoms with van der Waals surface area (Å²) in [5.41, 5.74) is 6.19. The number of ether oxygens (including phenoxy) is 2. The number of likely N-dealkylation sites (tertiary alicyclic amines) is 1. The monoisotopic (exact) mass is 726 g/mol. The number of hydrogen-bond acceptors (Lipinski definition) is 9. The lowest BCUT2D eigenvalue weighted by Crippen LogP contribution is -2.50. The zero-order chi connectivity index (χ0) is 35.6. The summed E-state index contributed by atoms with van der Waals surface area (Å²) in [6, 6.07) is 19.2. The minimum Gasteiger partial charge on any atom is -0.481 e. The molecule has 1 amide bonds. The van der Waals surface area contributed by atoms with E-state index in [1.807, 2.05) is 65.6 Å². The van der Waals surface area contributed by atoms with Crippen LogP contribution in [0.5, 0.6) is 5.88 Å². The highest BCUT2D eigenvalue weighted by atomic mass is 35.5. The second-order valence-electron chi connectivity index (χ2n) is 12.8. The summed E-state index contributed by atoms with van der Waals surface area (Å²) in [4.78, 5) is 47.9. The first-order valence-corrected chi connectivity index (χ1v) is 17.4. The number of aromatic nitrogens is 3. The van der Waals surface area contributed by atoms with Gasteiger partial charge in [-0.25, -0.2) is 9.97 Å². The molecule has 262 valence electrons. The molecule has 2 saturated heterocycles. The topological polar surface area (TPSA) is 127 Å². The smallest absolute Gasteiger partial charge is 0.311 e. The SMILES string of the molecule is COC(=O)C1CN(Cc2cnc3cc(-c4cccc(-c5cccc(-c6ccc(CNC[C@H]7CCC(=O)N7)c(OC)n6)c5Cl)c4Cl)ccn3c2=O)C1. The van der Waals surface area contributed by atoms with Crippen LogP contribution >= 0.6 is 23.2 Å². The second-order valence-corrected chi connectivity index (χ2v) is 13.5. The lowest BCUT2D eigenvalue weighted by Gasteiger charge is -2.37. The van der Waals surface area contributed by atoms with E-state index in [1.54, 1.807) is 19.5 Å². The fourth-order valence-corrected chi connectivity index (χ4v) is 7.35. The van der Waals surface area contributed by atoms with Gasteiger partial charge in [0.1, 0.15) is 5.65 Å². The molecule has 5 heterocycles. The number of nitrogens with one attached hydrogen (secondary N) is 2. The van der Waals surface area contributed by atoms with Crippen LogP contribution in [0.1, 0.15) is 24.0 Å². The molecule has 2 aromatic carbocycles. The minimum absolute atomic E-state index is 0.0905. The van der Waals surface area contributed by atoms with E-state index in [4.69, 9.17) is 37.7 Å². The average molecular weight is 728 g/mol. The summed E-state index contributed by atoms with van der Waals surface area (Å²) in [6.07, 6.45) is 4.69. The number of benzene rings is 2. The van der Waals surface area contributed by atoms with Crippen molar-refractivity contribution in [3.8, 4) is 39.4 Å². The van der Waals surface area contributed by atoms with Crippen LogP contribution in [-0.4, -0.2) is 71.0 Å². The Morgan fingerprint density at radius 1 is 0.961 bits per heavy atom. The Balaban J connectivity index is 1.11. The van der Waals surface area contributed by atoms with Gasteiger partial charge in [0.05, 0.1) is 41.4 Å². The molecule has 0 aliphatic carbocycles. The molecular formula is C38H36Cl2N6O5. The van der Waals surface area contributed by atoms with E-state index in [9.17, 15) is 14.4 Å². The van der Waals surface area contributed by atoms with Gasteiger partial charge in [-0.3, -0.25) is 23.7 Å².